The van der Waals surface area contributed by atoms with Crippen molar-refractivity contribution in [2.24, 2.45) is 16.8 Å². The molecule has 1 aromatic rings. The van der Waals surface area contributed by atoms with Gasteiger partial charge in [-0.2, -0.15) is 0 Å². The quantitative estimate of drug-likeness (QED) is 0.332. The molecule has 1 saturated heterocycles. The molecule has 0 bridgehead atoms. The molecule has 0 saturated carbocycles. The number of likely N-dealkylation sites (tertiary alicyclic amines) is 1. The number of halogens is 1. The SMILES string of the molecule is C=C1c2c(N=C3CCN(C)/C3=C\C(=O)OC/C(C=O)=C\C(C)C)cc(F)c(C)c2CC[C@@H]1C. The van der Waals surface area contributed by atoms with E-state index in [1.165, 1.54) is 12.1 Å². The van der Waals surface area contributed by atoms with E-state index in [4.69, 9.17) is 9.73 Å². The van der Waals surface area contributed by atoms with Crippen molar-refractivity contribution in [2.45, 2.75) is 47.0 Å². The molecule has 3 rings (SSSR count). The topological polar surface area (TPSA) is 59.0 Å². The number of carbonyl (C=O) groups is 2. The van der Waals surface area contributed by atoms with E-state index in [-0.39, 0.29) is 18.3 Å². The molecule has 1 atom stereocenters. The van der Waals surface area contributed by atoms with Gasteiger partial charge in [0.05, 0.1) is 17.1 Å². The summed E-state index contributed by atoms with van der Waals surface area (Å²) in [6.45, 7) is 12.7. The third-order valence-electron chi connectivity index (χ3n) is 6.36. The Hall–Kier alpha value is -3.02. The van der Waals surface area contributed by atoms with E-state index in [0.717, 1.165) is 29.5 Å². The number of esters is 1. The molecule has 0 radical (unpaired) electrons. The number of aldehydes is 1. The highest BCUT2D eigenvalue weighted by Gasteiger charge is 2.27. The number of ether oxygens (including phenoxy) is 1. The lowest BCUT2D eigenvalue weighted by molar-refractivity contribution is -0.137. The predicted octanol–water partition coefficient (Wildman–Crippen LogP) is 5.35. The van der Waals surface area contributed by atoms with Gasteiger partial charge in [-0.3, -0.25) is 9.79 Å². The van der Waals surface area contributed by atoms with Crippen LogP contribution in [-0.2, 0) is 20.7 Å². The van der Waals surface area contributed by atoms with Crippen molar-refractivity contribution < 1.29 is 18.7 Å². The molecular weight excluding hydrogens is 419 g/mol. The lowest BCUT2D eigenvalue weighted by atomic mass is 9.78. The fraction of sp³-hybridized carbons (Fsp3) is 0.444. The molecule has 1 heterocycles. The molecule has 0 amide bonds. The second-order valence-corrected chi connectivity index (χ2v) is 9.29. The zero-order valence-electron chi connectivity index (χ0n) is 20.2. The summed E-state index contributed by atoms with van der Waals surface area (Å²) in [7, 11) is 1.88. The highest BCUT2D eigenvalue weighted by atomic mass is 19.1. The fourth-order valence-corrected chi connectivity index (χ4v) is 4.38. The maximum atomic E-state index is 14.7. The lowest BCUT2D eigenvalue weighted by Gasteiger charge is -2.27. The summed E-state index contributed by atoms with van der Waals surface area (Å²) in [5.74, 6) is -0.327. The summed E-state index contributed by atoms with van der Waals surface area (Å²) in [6.07, 6.45) is 6.25. The largest absolute Gasteiger partial charge is 0.457 e. The Labute approximate surface area is 195 Å². The maximum Gasteiger partial charge on any atom is 0.333 e. The summed E-state index contributed by atoms with van der Waals surface area (Å²) >= 11 is 0. The number of fused-ring (bicyclic) bond motifs is 1. The first-order valence-electron chi connectivity index (χ1n) is 11.5. The molecule has 1 aliphatic carbocycles. The summed E-state index contributed by atoms with van der Waals surface area (Å²) in [4.78, 5) is 30.4. The molecule has 1 fully saturated rings. The van der Waals surface area contributed by atoms with Gasteiger partial charge in [-0.15, -0.1) is 0 Å². The monoisotopic (exact) mass is 452 g/mol. The average molecular weight is 453 g/mol. The van der Waals surface area contributed by atoms with Gasteiger partial charge in [0.15, 0.2) is 0 Å². The minimum absolute atomic E-state index is 0.0745. The molecule has 1 aliphatic heterocycles. The molecule has 5 nitrogen and oxygen atoms in total. The van der Waals surface area contributed by atoms with E-state index in [2.05, 4.69) is 13.5 Å². The molecular formula is C27H33FN2O3. The number of rotatable bonds is 6. The minimum Gasteiger partial charge on any atom is -0.457 e. The van der Waals surface area contributed by atoms with E-state index < -0.39 is 5.97 Å². The molecule has 176 valence electrons. The molecule has 0 spiro atoms. The molecule has 0 unspecified atom stereocenters. The van der Waals surface area contributed by atoms with Gasteiger partial charge in [0.2, 0.25) is 0 Å². The van der Waals surface area contributed by atoms with Crippen molar-refractivity contribution in [1.82, 2.24) is 4.90 Å². The number of hydrogen-bond acceptors (Lipinski definition) is 5. The summed E-state index contributed by atoms with van der Waals surface area (Å²) in [5, 5.41) is 0. The molecule has 1 aromatic carbocycles. The zero-order chi connectivity index (χ0) is 24.3. The Morgan fingerprint density at radius 2 is 2.12 bits per heavy atom. The van der Waals surface area contributed by atoms with Gasteiger partial charge >= 0.3 is 5.97 Å². The average Bonchev–Trinajstić information content (AvgIpc) is 3.10. The maximum absolute atomic E-state index is 14.7. The Morgan fingerprint density at radius 3 is 2.79 bits per heavy atom. The van der Waals surface area contributed by atoms with Crippen molar-refractivity contribution in [3.05, 3.63) is 58.6 Å². The van der Waals surface area contributed by atoms with Crippen LogP contribution in [0.1, 0.15) is 50.3 Å². The zero-order valence-corrected chi connectivity index (χ0v) is 20.2. The third-order valence-corrected chi connectivity index (χ3v) is 6.36. The second-order valence-electron chi connectivity index (χ2n) is 9.29. The molecule has 33 heavy (non-hydrogen) atoms. The Bertz CT molecular complexity index is 1070. The van der Waals surface area contributed by atoms with Crippen LogP contribution in [0.25, 0.3) is 5.57 Å². The number of allylic oxidation sites excluding steroid dienone is 3. The molecule has 0 N–H and O–H groups in total. The van der Waals surface area contributed by atoms with Gasteiger partial charge in [-0.1, -0.05) is 33.4 Å². The number of carbonyl (C=O) groups excluding carboxylic acids is 2. The van der Waals surface area contributed by atoms with E-state index >= 15 is 0 Å². The van der Waals surface area contributed by atoms with Crippen molar-refractivity contribution in [3.8, 4) is 0 Å². The normalized spacial score (nSPS) is 21.2. The predicted molar refractivity (Wildman–Crippen MR) is 130 cm³/mol. The van der Waals surface area contributed by atoms with Crippen LogP contribution in [0.2, 0.25) is 0 Å². The third kappa shape index (κ3) is 5.49. The lowest BCUT2D eigenvalue weighted by Crippen LogP contribution is -2.16. The van der Waals surface area contributed by atoms with Crippen LogP contribution in [0.4, 0.5) is 10.1 Å². The standard InChI is InChI=1S/C27H33FN2O3/c1-16(2)11-20(14-31)15-33-26(32)13-25-23(9-10-30(25)6)29-24-12-22(28)19(5)21-8-7-17(3)18(4)27(21)24/h11-14,16-17H,4,7-10,15H2,1-3,5-6H3/b20-11-,25-13-,29-23?/t17-/m0/s1. The van der Waals surface area contributed by atoms with Crippen LogP contribution in [0.5, 0.6) is 0 Å². The first-order chi connectivity index (χ1) is 15.6. The van der Waals surface area contributed by atoms with Crippen LogP contribution in [0, 0.1) is 24.6 Å². The molecule has 2 aliphatic rings. The summed E-state index contributed by atoms with van der Waals surface area (Å²) < 4.78 is 20.0. The van der Waals surface area contributed by atoms with E-state index in [1.807, 2.05) is 25.8 Å². The Morgan fingerprint density at radius 1 is 1.39 bits per heavy atom. The van der Waals surface area contributed by atoms with Crippen LogP contribution in [0.3, 0.4) is 0 Å². The van der Waals surface area contributed by atoms with Gasteiger partial charge < -0.3 is 9.64 Å². The van der Waals surface area contributed by atoms with Gasteiger partial charge in [0.1, 0.15) is 18.7 Å². The first-order valence-corrected chi connectivity index (χ1v) is 11.5. The minimum atomic E-state index is -0.543. The first kappa shape index (κ1) is 24.6. The van der Waals surface area contributed by atoms with E-state index in [1.54, 1.807) is 13.0 Å². The van der Waals surface area contributed by atoms with Gasteiger partial charge in [-0.25, -0.2) is 9.18 Å². The van der Waals surface area contributed by atoms with Crippen LogP contribution < -0.4 is 0 Å². The number of benzene rings is 1. The van der Waals surface area contributed by atoms with E-state index in [9.17, 15) is 14.0 Å². The number of aliphatic imine (C=N–C) groups is 1. The van der Waals surface area contributed by atoms with Crippen LogP contribution in [0.15, 0.2) is 41.1 Å². The second kappa shape index (κ2) is 10.3. The smallest absolute Gasteiger partial charge is 0.333 e. The van der Waals surface area contributed by atoms with Crippen LogP contribution in [-0.4, -0.2) is 43.1 Å². The van der Waals surface area contributed by atoms with Crippen molar-refractivity contribution in [3.63, 3.8) is 0 Å². The molecule has 6 heteroatoms. The summed E-state index contributed by atoms with van der Waals surface area (Å²) in [6, 6.07) is 1.48. The van der Waals surface area contributed by atoms with Crippen molar-refractivity contribution >= 4 is 29.2 Å². The Kier molecular flexibility index (Phi) is 7.67. The Balaban J connectivity index is 1.93. The highest BCUT2D eigenvalue weighted by molar-refractivity contribution is 6.07. The fourth-order valence-electron chi connectivity index (χ4n) is 4.38. The molecule has 0 aromatic heterocycles. The van der Waals surface area contributed by atoms with E-state index in [0.29, 0.717) is 53.4 Å². The summed E-state index contributed by atoms with van der Waals surface area (Å²) in [5.41, 5.74) is 5.90. The highest BCUT2D eigenvalue weighted by Crippen LogP contribution is 2.42. The number of hydrogen-bond donors (Lipinski definition) is 0. The van der Waals surface area contributed by atoms with Crippen molar-refractivity contribution in [2.75, 3.05) is 20.2 Å². The van der Waals surface area contributed by atoms with Gasteiger partial charge in [0, 0.05) is 43.3 Å². The van der Waals surface area contributed by atoms with Crippen LogP contribution >= 0.6 is 0 Å². The van der Waals surface area contributed by atoms with Crippen molar-refractivity contribution in [1.29, 1.82) is 0 Å². The number of nitrogens with zero attached hydrogens (tertiary/aromatic N) is 2. The van der Waals surface area contributed by atoms with Gasteiger partial charge in [-0.05, 0) is 48.3 Å². The van der Waals surface area contributed by atoms with Gasteiger partial charge in [0.25, 0.3) is 0 Å².